The van der Waals surface area contributed by atoms with Gasteiger partial charge in [0, 0.05) is 28.9 Å². The first-order chi connectivity index (χ1) is 18.6. The van der Waals surface area contributed by atoms with Crippen LogP contribution in [0.15, 0.2) is 93.8 Å². The topological polar surface area (TPSA) is 60.1 Å². The smallest absolute Gasteiger partial charge is 0.277 e. The van der Waals surface area contributed by atoms with Crippen molar-refractivity contribution in [3.63, 3.8) is 0 Å². The Morgan fingerprint density at radius 2 is 1.82 bits per heavy atom. The van der Waals surface area contributed by atoms with Crippen LogP contribution in [-0.2, 0) is 13.0 Å². The number of hydrogen-bond donors (Lipinski definition) is 1. The molecule has 0 radical (unpaired) electrons. The van der Waals surface area contributed by atoms with Gasteiger partial charge in [0.15, 0.2) is 0 Å². The number of nitrogens with zero attached hydrogens (tertiary/aromatic N) is 2. The van der Waals surface area contributed by atoms with E-state index in [4.69, 9.17) is 9.40 Å². The molecule has 0 aliphatic heterocycles. The molecule has 6 rings (SSSR count). The summed E-state index contributed by atoms with van der Waals surface area (Å²) in [6.07, 6.45) is 9.54. The summed E-state index contributed by atoms with van der Waals surface area (Å²) in [5.41, 5.74) is 6.98. The number of hydrogen-bond acceptors (Lipinski definition) is 4. The third-order valence-corrected chi connectivity index (χ3v) is 7.63. The van der Waals surface area contributed by atoms with Crippen molar-refractivity contribution in [1.29, 1.82) is 0 Å². The first kappa shape index (κ1) is 24.2. The summed E-state index contributed by atoms with van der Waals surface area (Å²) in [6.45, 7) is 4.79. The van der Waals surface area contributed by atoms with Gasteiger partial charge in [0.2, 0.25) is 0 Å². The van der Waals surface area contributed by atoms with Crippen LogP contribution in [0.25, 0.3) is 33.3 Å². The van der Waals surface area contributed by atoms with Gasteiger partial charge in [-0.1, -0.05) is 73.5 Å². The molecular formula is C33H33N3O2. The molecule has 0 bridgehead atoms. The Morgan fingerprint density at radius 1 is 1.03 bits per heavy atom. The minimum absolute atomic E-state index is 0.0505. The Hall–Kier alpha value is -4.12. The summed E-state index contributed by atoms with van der Waals surface area (Å²) >= 11 is 0. The van der Waals surface area contributed by atoms with Gasteiger partial charge in [-0.15, -0.1) is 0 Å². The van der Waals surface area contributed by atoms with Crippen molar-refractivity contribution < 1.29 is 4.42 Å². The zero-order valence-electron chi connectivity index (χ0n) is 22.0. The predicted octanol–water partition coefficient (Wildman–Crippen LogP) is 8.05. The highest BCUT2D eigenvalue weighted by Gasteiger charge is 2.16. The average Bonchev–Trinajstić information content (AvgIpc) is 3.28. The Labute approximate surface area is 222 Å². The molecule has 5 nitrogen and oxygen atoms in total. The lowest BCUT2D eigenvalue weighted by Gasteiger charge is -2.19. The van der Waals surface area contributed by atoms with Gasteiger partial charge < -0.3 is 9.73 Å². The molecule has 5 heteroatoms. The number of furan rings is 1. The van der Waals surface area contributed by atoms with Gasteiger partial charge in [-0.25, -0.2) is 4.98 Å². The normalized spacial score (nSPS) is 14.0. The number of anilines is 1. The number of benzene rings is 3. The van der Waals surface area contributed by atoms with Crippen molar-refractivity contribution in [2.45, 2.75) is 58.5 Å². The maximum Gasteiger partial charge on any atom is 0.277 e. The highest BCUT2D eigenvalue weighted by atomic mass is 16.3. The summed E-state index contributed by atoms with van der Waals surface area (Å²) < 4.78 is 7.79. The Balaban J connectivity index is 1.33. The van der Waals surface area contributed by atoms with Gasteiger partial charge in [0.25, 0.3) is 5.56 Å². The molecule has 1 aliphatic rings. The van der Waals surface area contributed by atoms with Crippen LogP contribution < -0.4 is 10.9 Å². The van der Waals surface area contributed by atoms with E-state index in [0.29, 0.717) is 18.1 Å². The standard InChI is InChI=1S/C33H33N3O2/c1-3-7-23-12-14-25(15-13-23)32-34-21-29(33(37)36(32)19-18-24-8-6-9-24)35-22(2)26-16-17-31-28(20-26)27-10-4-5-11-30(27)38-31/h4-5,10-18,20-22,35H,3,6-9,19H2,1-2H3. The Kier molecular flexibility index (Phi) is 6.59. The van der Waals surface area contributed by atoms with Crippen LogP contribution in [-0.4, -0.2) is 9.55 Å². The SMILES string of the molecule is CCCc1ccc(-c2ncc(NC(C)c3ccc4oc5ccccc5c4c3)c(=O)n2CC=C2CCC2)cc1. The Morgan fingerprint density at radius 3 is 2.58 bits per heavy atom. The van der Waals surface area contributed by atoms with Gasteiger partial charge in [-0.3, -0.25) is 9.36 Å². The van der Waals surface area contributed by atoms with E-state index in [1.807, 2.05) is 28.8 Å². The number of nitrogens with one attached hydrogen (secondary N) is 1. The van der Waals surface area contributed by atoms with E-state index in [9.17, 15) is 4.79 Å². The number of aryl methyl sites for hydroxylation is 1. The molecule has 1 aliphatic carbocycles. The first-order valence-corrected chi connectivity index (χ1v) is 13.7. The van der Waals surface area contributed by atoms with Gasteiger partial charge >= 0.3 is 0 Å². The maximum atomic E-state index is 13.8. The second kappa shape index (κ2) is 10.3. The van der Waals surface area contributed by atoms with Crippen LogP contribution in [0, 0.1) is 0 Å². The van der Waals surface area contributed by atoms with Crippen LogP contribution in [0.3, 0.4) is 0 Å². The average molecular weight is 504 g/mol. The molecular weight excluding hydrogens is 470 g/mol. The first-order valence-electron chi connectivity index (χ1n) is 13.7. The molecule has 1 unspecified atom stereocenters. The van der Waals surface area contributed by atoms with E-state index < -0.39 is 0 Å². The van der Waals surface area contributed by atoms with Crippen LogP contribution in [0.4, 0.5) is 5.69 Å². The van der Waals surface area contributed by atoms with Crippen LogP contribution in [0.2, 0.25) is 0 Å². The molecule has 1 fully saturated rings. The van der Waals surface area contributed by atoms with Crippen molar-refractivity contribution in [2.24, 2.45) is 0 Å². The molecule has 3 aromatic carbocycles. The van der Waals surface area contributed by atoms with Gasteiger partial charge in [-0.2, -0.15) is 0 Å². The quantitative estimate of drug-likeness (QED) is 0.218. The molecule has 38 heavy (non-hydrogen) atoms. The van der Waals surface area contributed by atoms with Crippen molar-refractivity contribution in [3.05, 3.63) is 106 Å². The number of rotatable bonds is 8. The summed E-state index contributed by atoms with van der Waals surface area (Å²) in [5.74, 6) is 0.707. The molecule has 1 saturated carbocycles. The zero-order valence-corrected chi connectivity index (χ0v) is 22.0. The van der Waals surface area contributed by atoms with E-state index >= 15 is 0 Å². The van der Waals surface area contributed by atoms with Crippen molar-refractivity contribution in [2.75, 3.05) is 5.32 Å². The fraction of sp³-hybridized carbons (Fsp3) is 0.273. The van der Waals surface area contributed by atoms with Crippen LogP contribution >= 0.6 is 0 Å². The van der Waals surface area contributed by atoms with E-state index in [2.05, 4.69) is 67.7 Å². The third-order valence-electron chi connectivity index (χ3n) is 7.63. The van der Waals surface area contributed by atoms with Gasteiger partial charge in [-0.05, 0) is 61.9 Å². The van der Waals surface area contributed by atoms with E-state index in [1.165, 1.54) is 17.6 Å². The van der Waals surface area contributed by atoms with Crippen LogP contribution in [0.1, 0.15) is 56.7 Å². The lowest BCUT2D eigenvalue weighted by Crippen LogP contribution is -2.27. The minimum atomic E-state index is -0.0832. The van der Waals surface area contributed by atoms with E-state index in [1.54, 1.807) is 6.20 Å². The molecule has 0 saturated heterocycles. The summed E-state index contributed by atoms with van der Waals surface area (Å²) in [4.78, 5) is 18.6. The largest absolute Gasteiger partial charge is 0.456 e. The second-order valence-electron chi connectivity index (χ2n) is 10.3. The number of allylic oxidation sites excluding steroid dienone is 2. The minimum Gasteiger partial charge on any atom is -0.456 e. The molecule has 0 spiro atoms. The Bertz CT molecular complexity index is 1690. The summed E-state index contributed by atoms with van der Waals surface area (Å²) in [7, 11) is 0. The molecule has 2 aromatic heterocycles. The van der Waals surface area contributed by atoms with Crippen LogP contribution in [0.5, 0.6) is 0 Å². The zero-order chi connectivity index (χ0) is 26.1. The molecule has 5 aromatic rings. The molecule has 1 N–H and O–H groups in total. The van der Waals surface area contributed by atoms with Crippen molar-refractivity contribution in [1.82, 2.24) is 9.55 Å². The highest BCUT2D eigenvalue weighted by Crippen LogP contribution is 2.31. The van der Waals surface area contributed by atoms with Crippen molar-refractivity contribution in [3.8, 4) is 11.4 Å². The molecule has 2 heterocycles. The fourth-order valence-electron chi connectivity index (χ4n) is 5.24. The molecule has 1 atom stereocenters. The van der Waals surface area contributed by atoms with E-state index in [0.717, 1.165) is 58.7 Å². The maximum absolute atomic E-state index is 13.8. The second-order valence-corrected chi connectivity index (χ2v) is 10.3. The van der Waals surface area contributed by atoms with Crippen molar-refractivity contribution >= 4 is 27.6 Å². The number of para-hydroxylation sites is 1. The highest BCUT2D eigenvalue weighted by molar-refractivity contribution is 6.05. The van der Waals surface area contributed by atoms with Gasteiger partial charge in [0.05, 0.1) is 6.20 Å². The summed E-state index contributed by atoms with van der Waals surface area (Å²) in [5, 5.41) is 5.62. The fourth-order valence-corrected chi connectivity index (χ4v) is 5.24. The van der Waals surface area contributed by atoms with E-state index in [-0.39, 0.29) is 11.6 Å². The number of fused-ring (bicyclic) bond motifs is 3. The predicted molar refractivity (Wildman–Crippen MR) is 156 cm³/mol. The lowest BCUT2D eigenvalue weighted by atomic mass is 9.92. The number of aromatic nitrogens is 2. The summed E-state index contributed by atoms with van der Waals surface area (Å²) in [6, 6.07) is 22.7. The monoisotopic (exact) mass is 503 g/mol. The molecule has 192 valence electrons. The third kappa shape index (κ3) is 4.65. The lowest BCUT2D eigenvalue weighted by molar-refractivity contribution is 0.645. The molecule has 0 amide bonds. The van der Waals surface area contributed by atoms with Gasteiger partial charge in [0.1, 0.15) is 22.7 Å².